The highest BCUT2D eigenvalue weighted by Gasteiger charge is 2.33. The molecule has 0 bridgehead atoms. The molecule has 1 aliphatic rings. The van der Waals surface area contributed by atoms with Crippen LogP contribution in [0, 0.1) is 0 Å². The molecule has 1 aliphatic heterocycles. The maximum absolute atomic E-state index is 3.56. The molecule has 0 amide bonds. The van der Waals surface area contributed by atoms with Crippen LogP contribution in [0.3, 0.4) is 0 Å². The maximum Gasteiger partial charge on any atom is 0.0354 e. The smallest absolute Gasteiger partial charge is 0.0354 e. The topological polar surface area (TPSA) is 3.24 Å². The molecule has 0 radical (unpaired) electrons. The Bertz CT molecular complexity index is 367. The minimum absolute atomic E-state index is 0.267. The number of benzene rings is 1. The van der Waals surface area contributed by atoms with Gasteiger partial charge in [-0.05, 0) is 57.9 Å². The minimum Gasteiger partial charge on any atom is -0.291 e. The zero-order valence-corrected chi connectivity index (χ0v) is 11.9. The summed E-state index contributed by atoms with van der Waals surface area (Å²) in [5.74, 6) is 0. The summed E-state index contributed by atoms with van der Waals surface area (Å²) in [6.45, 7) is 8.15. The molecule has 0 aliphatic carbocycles. The lowest BCUT2D eigenvalue weighted by molar-refractivity contribution is 0.121. The van der Waals surface area contributed by atoms with E-state index in [-0.39, 0.29) is 5.54 Å². The number of nitrogens with zero attached hydrogens (tertiary/aromatic N) is 1. The molecule has 1 atom stereocenters. The Balaban J connectivity index is 2.27. The Morgan fingerprint density at radius 3 is 2.69 bits per heavy atom. The number of halogens is 1. The van der Waals surface area contributed by atoms with Crippen LogP contribution >= 0.6 is 15.9 Å². The average molecular weight is 282 g/mol. The molecule has 1 heterocycles. The molecule has 1 aromatic rings. The van der Waals surface area contributed by atoms with Gasteiger partial charge in [0.15, 0.2) is 0 Å². The Morgan fingerprint density at radius 2 is 2.06 bits per heavy atom. The van der Waals surface area contributed by atoms with Gasteiger partial charge in [0.2, 0.25) is 0 Å². The van der Waals surface area contributed by atoms with E-state index in [9.17, 15) is 0 Å². The second kappa shape index (κ2) is 4.50. The van der Waals surface area contributed by atoms with Crippen molar-refractivity contribution in [3.63, 3.8) is 0 Å². The first-order valence-corrected chi connectivity index (χ1v) is 6.80. The number of likely N-dealkylation sites (tertiary alicyclic amines) is 1. The summed E-state index contributed by atoms with van der Waals surface area (Å²) in [5.41, 5.74) is 1.71. The monoisotopic (exact) mass is 281 g/mol. The van der Waals surface area contributed by atoms with Crippen LogP contribution in [0.25, 0.3) is 0 Å². The van der Waals surface area contributed by atoms with E-state index in [0.717, 1.165) is 0 Å². The number of rotatable bonds is 1. The van der Waals surface area contributed by atoms with Crippen molar-refractivity contribution in [1.82, 2.24) is 4.90 Å². The highest BCUT2D eigenvalue weighted by Crippen LogP contribution is 2.37. The molecule has 1 aromatic carbocycles. The fourth-order valence-electron chi connectivity index (χ4n) is 2.63. The lowest BCUT2D eigenvalue weighted by atomic mass is 9.99. The lowest BCUT2D eigenvalue weighted by Crippen LogP contribution is -2.40. The van der Waals surface area contributed by atoms with Crippen LogP contribution in [0.2, 0.25) is 0 Å². The molecule has 0 saturated carbocycles. The summed E-state index contributed by atoms with van der Waals surface area (Å²) >= 11 is 3.56. The summed E-state index contributed by atoms with van der Waals surface area (Å²) in [6.07, 6.45) is 2.60. The summed E-state index contributed by atoms with van der Waals surface area (Å²) in [7, 11) is 0. The Hall–Kier alpha value is -0.340. The second-order valence-corrected chi connectivity index (χ2v) is 6.49. The maximum atomic E-state index is 3.56. The third-order valence-electron chi connectivity index (χ3n) is 3.35. The van der Waals surface area contributed by atoms with Gasteiger partial charge in [0, 0.05) is 16.1 Å². The summed E-state index contributed by atoms with van der Waals surface area (Å²) in [5, 5.41) is 0. The number of hydrogen-bond acceptors (Lipinski definition) is 1. The largest absolute Gasteiger partial charge is 0.291 e. The highest BCUT2D eigenvalue weighted by atomic mass is 79.9. The van der Waals surface area contributed by atoms with Crippen molar-refractivity contribution in [3.05, 3.63) is 34.3 Å². The van der Waals surface area contributed by atoms with Crippen LogP contribution in [0.15, 0.2) is 28.7 Å². The van der Waals surface area contributed by atoms with Gasteiger partial charge in [0.05, 0.1) is 0 Å². The molecular formula is C14H20BrN. The van der Waals surface area contributed by atoms with Crippen LogP contribution in [0.5, 0.6) is 0 Å². The van der Waals surface area contributed by atoms with Crippen LogP contribution in [-0.2, 0) is 0 Å². The Kier molecular flexibility index (Phi) is 3.41. The zero-order valence-electron chi connectivity index (χ0n) is 10.3. The minimum atomic E-state index is 0.267. The molecule has 1 fully saturated rings. The van der Waals surface area contributed by atoms with Gasteiger partial charge in [0.1, 0.15) is 0 Å². The first kappa shape index (κ1) is 12.1. The quantitative estimate of drug-likeness (QED) is 0.738. The van der Waals surface area contributed by atoms with Gasteiger partial charge in [-0.1, -0.05) is 28.1 Å². The third-order valence-corrected chi connectivity index (χ3v) is 3.84. The third kappa shape index (κ3) is 2.49. The SMILES string of the molecule is CC(C)(C)N1CCCC1c1cccc(Br)c1. The summed E-state index contributed by atoms with van der Waals surface area (Å²) in [4.78, 5) is 2.62. The van der Waals surface area contributed by atoms with Crippen molar-refractivity contribution < 1.29 is 0 Å². The molecular weight excluding hydrogens is 262 g/mol. The first-order valence-electron chi connectivity index (χ1n) is 6.01. The van der Waals surface area contributed by atoms with Crippen molar-refractivity contribution in [2.24, 2.45) is 0 Å². The van der Waals surface area contributed by atoms with E-state index in [4.69, 9.17) is 0 Å². The molecule has 1 saturated heterocycles. The lowest BCUT2D eigenvalue weighted by Gasteiger charge is -2.37. The van der Waals surface area contributed by atoms with Gasteiger partial charge < -0.3 is 0 Å². The van der Waals surface area contributed by atoms with Crippen LogP contribution in [-0.4, -0.2) is 17.0 Å². The molecule has 0 N–H and O–H groups in total. The molecule has 16 heavy (non-hydrogen) atoms. The Morgan fingerprint density at radius 1 is 1.31 bits per heavy atom. The van der Waals surface area contributed by atoms with E-state index in [0.29, 0.717) is 6.04 Å². The standard InChI is InChI=1S/C14H20BrN/c1-14(2,3)16-9-5-8-13(16)11-6-4-7-12(15)10-11/h4,6-7,10,13H,5,8-9H2,1-3H3. The highest BCUT2D eigenvalue weighted by molar-refractivity contribution is 9.10. The average Bonchev–Trinajstić information content (AvgIpc) is 2.65. The molecule has 0 spiro atoms. The van der Waals surface area contributed by atoms with Crippen LogP contribution < -0.4 is 0 Å². The summed E-state index contributed by atoms with van der Waals surface area (Å²) < 4.78 is 1.19. The van der Waals surface area contributed by atoms with E-state index in [1.54, 1.807) is 0 Å². The van der Waals surface area contributed by atoms with Crippen LogP contribution in [0.1, 0.15) is 45.2 Å². The Labute approximate surface area is 107 Å². The van der Waals surface area contributed by atoms with E-state index in [2.05, 4.69) is 65.9 Å². The van der Waals surface area contributed by atoms with E-state index < -0.39 is 0 Å². The van der Waals surface area contributed by atoms with Gasteiger partial charge >= 0.3 is 0 Å². The predicted octanol–water partition coefficient (Wildman–Crippen LogP) is 4.38. The van der Waals surface area contributed by atoms with Gasteiger partial charge in [-0.25, -0.2) is 0 Å². The van der Waals surface area contributed by atoms with Crippen molar-refractivity contribution in [3.8, 4) is 0 Å². The molecule has 1 unspecified atom stereocenters. The molecule has 2 heteroatoms. The van der Waals surface area contributed by atoms with Crippen molar-refractivity contribution in [1.29, 1.82) is 0 Å². The van der Waals surface area contributed by atoms with E-state index >= 15 is 0 Å². The fourth-order valence-corrected chi connectivity index (χ4v) is 3.05. The van der Waals surface area contributed by atoms with E-state index in [1.165, 1.54) is 29.4 Å². The fraction of sp³-hybridized carbons (Fsp3) is 0.571. The molecule has 1 nitrogen and oxygen atoms in total. The summed E-state index contributed by atoms with van der Waals surface area (Å²) in [6, 6.07) is 9.34. The van der Waals surface area contributed by atoms with Crippen molar-refractivity contribution >= 4 is 15.9 Å². The first-order chi connectivity index (χ1) is 7.48. The van der Waals surface area contributed by atoms with Crippen molar-refractivity contribution in [2.75, 3.05) is 6.54 Å². The molecule has 0 aromatic heterocycles. The zero-order chi connectivity index (χ0) is 11.8. The second-order valence-electron chi connectivity index (χ2n) is 5.58. The number of hydrogen-bond donors (Lipinski definition) is 0. The van der Waals surface area contributed by atoms with Crippen molar-refractivity contribution in [2.45, 2.75) is 45.2 Å². The van der Waals surface area contributed by atoms with E-state index in [1.807, 2.05) is 0 Å². The predicted molar refractivity (Wildman–Crippen MR) is 72.6 cm³/mol. The van der Waals surface area contributed by atoms with Gasteiger partial charge in [0.25, 0.3) is 0 Å². The normalized spacial score (nSPS) is 22.6. The van der Waals surface area contributed by atoms with Gasteiger partial charge in [-0.15, -0.1) is 0 Å². The van der Waals surface area contributed by atoms with Gasteiger partial charge in [-0.3, -0.25) is 4.90 Å². The van der Waals surface area contributed by atoms with Crippen LogP contribution in [0.4, 0.5) is 0 Å². The molecule has 88 valence electrons. The van der Waals surface area contributed by atoms with Gasteiger partial charge in [-0.2, -0.15) is 0 Å². The molecule has 2 rings (SSSR count).